The van der Waals surface area contributed by atoms with Gasteiger partial charge in [-0.2, -0.15) is 4.68 Å². The van der Waals surface area contributed by atoms with Gasteiger partial charge >= 0.3 is 0 Å². The van der Waals surface area contributed by atoms with Crippen molar-refractivity contribution >= 4 is 11.6 Å². The monoisotopic (exact) mass is 305 g/mol. The van der Waals surface area contributed by atoms with Gasteiger partial charge in [0.2, 0.25) is 0 Å². The van der Waals surface area contributed by atoms with Crippen molar-refractivity contribution in [2.45, 2.75) is 52.1 Å². The van der Waals surface area contributed by atoms with Crippen LogP contribution in [0.3, 0.4) is 0 Å². The maximum Gasteiger partial charge on any atom is 0.155 e. The summed E-state index contributed by atoms with van der Waals surface area (Å²) < 4.78 is 1.83. The van der Waals surface area contributed by atoms with Crippen LogP contribution in [0.5, 0.6) is 0 Å². The van der Waals surface area contributed by atoms with Gasteiger partial charge < -0.3 is 5.32 Å². The van der Waals surface area contributed by atoms with Crippen molar-refractivity contribution in [3.63, 3.8) is 0 Å². The van der Waals surface area contributed by atoms with Crippen molar-refractivity contribution in [2.75, 3.05) is 0 Å². The van der Waals surface area contributed by atoms with E-state index >= 15 is 0 Å². The lowest BCUT2D eigenvalue weighted by atomic mass is 10.2. The normalized spacial score (nSPS) is 14.6. The first-order chi connectivity index (χ1) is 10.2. The van der Waals surface area contributed by atoms with Crippen LogP contribution in [0.1, 0.15) is 43.9 Å². The van der Waals surface area contributed by atoms with Crippen LogP contribution < -0.4 is 5.32 Å². The molecule has 3 rings (SSSR count). The average molecular weight is 306 g/mol. The van der Waals surface area contributed by atoms with Crippen LogP contribution in [-0.4, -0.2) is 25.8 Å². The molecule has 0 aromatic carbocycles. The van der Waals surface area contributed by atoms with Gasteiger partial charge in [-0.15, -0.1) is 5.10 Å². The molecular formula is C15H20ClN5. The maximum atomic E-state index is 6.25. The van der Waals surface area contributed by atoms with Crippen LogP contribution in [0.25, 0.3) is 5.82 Å². The summed E-state index contributed by atoms with van der Waals surface area (Å²) >= 11 is 6.25. The molecule has 1 fully saturated rings. The Morgan fingerprint density at radius 2 is 2.14 bits per heavy atom. The molecule has 0 saturated heterocycles. The summed E-state index contributed by atoms with van der Waals surface area (Å²) in [4.78, 5) is 8.93. The summed E-state index contributed by atoms with van der Waals surface area (Å²) in [5.74, 6) is 2.57. The highest BCUT2D eigenvalue weighted by molar-refractivity contribution is 6.31. The zero-order valence-electron chi connectivity index (χ0n) is 12.4. The van der Waals surface area contributed by atoms with Crippen molar-refractivity contribution < 1.29 is 0 Å². The van der Waals surface area contributed by atoms with E-state index in [0.717, 1.165) is 42.4 Å². The fourth-order valence-corrected chi connectivity index (χ4v) is 2.38. The van der Waals surface area contributed by atoms with Crippen LogP contribution in [0.15, 0.2) is 12.3 Å². The molecule has 5 nitrogen and oxygen atoms in total. The minimum atomic E-state index is 0.655. The van der Waals surface area contributed by atoms with E-state index in [1.807, 2.05) is 10.7 Å². The van der Waals surface area contributed by atoms with Crippen molar-refractivity contribution in [1.82, 2.24) is 25.1 Å². The predicted molar refractivity (Wildman–Crippen MR) is 82.8 cm³/mol. The lowest BCUT2D eigenvalue weighted by Gasteiger charge is -2.09. The summed E-state index contributed by atoms with van der Waals surface area (Å²) in [6, 6.07) is 2.66. The summed E-state index contributed by atoms with van der Waals surface area (Å²) in [5, 5.41) is 8.70. The third kappa shape index (κ3) is 3.24. The minimum Gasteiger partial charge on any atom is -0.310 e. The molecule has 2 aromatic rings. The molecule has 1 saturated carbocycles. The van der Waals surface area contributed by atoms with Gasteiger partial charge in [-0.25, -0.2) is 9.97 Å². The molecule has 6 heteroatoms. The van der Waals surface area contributed by atoms with Crippen LogP contribution in [-0.2, 0) is 19.4 Å². The van der Waals surface area contributed by atoms with Crippen LogP contribution in [0, 0.1) is 0 Å². The zero-order chi connectivity index (χ0) is 14.8. The molecule has 1 N–H and O–H groups in total. The largest absolute Gasteiger partial charge is 0.310 e. The number of hydrogen-bond acceptors (Lipinski definition) is 4. The van der Waals surface area contributed by atoms with Crippen LogP contribution >= 0.6 is 11.6 Å². The molecule has 1 aliphatic rings. The molecule has 112 valence electrons. The quantitative estimate of drug-likeness (QED) is 0.891. The molecule has 0 spiro atoms. The lowest BCUT2D eigenvalue weighted by Crippen LogP contribution is -2.16. The van der Waals surface area contributed by atoms with Gasteiger partial charge in [-0.05, 0) is 24.5 Å². The standard InChI is InChI=1S/C15H20ClN5/c1-3-13-19-14(4-2)21(20-13)15-7-10(12(16)9-18-15)8-17-11-5-6-11/h7,9,11,17H,3-6,8H2,1-2H3. The fourth-order valence-electron chi connectivity index (χ4n) is 2.21. The van der Waals surface area contributed by atoms with E-state index in [4.69, 9.17) is 11.6 Å². The number of halogens is 1. The van der Waals surface area contributed by atoms with E-state index in [1.54, 1.807) is 6.20 Å². The maximum absolute atomic E-state index is 6.25. The highest BCUT2D eigenvalue weighted by Crippen LogP contribution is 2.22. The Kier molecular flexibility index (Phi) is 4.22. The molecule has 2 heterocycles. The number of nitrogens with one attached hydrogen (secondary N) is 1. The number of aromatic nitrogens is 4. The summed E-state index contributed by atoms with van der Waals surface area (Å²) in [6.07, 6.45) is 5.88. The van der Waals surface area contributed by atoms with Gasteiger partial charge in [0, 0.05) is 31.6 Å². The average Bonchev–Trinajstić information content (AvgIpc) is 3.23. The number of hydrogen-bond donors (Lipinski definition) is 1. The molecule has 0 amide bonds. The molecule has 0 radical (unpaired) electrons. The first kappa shape index (κ1) is 14.5. The van der Waals surface area contributed by atoms with Gasteiger partial charge in [-0.3, -0.25) is 0 Å². The Morgan fingerprint density at radius 3 is 2.81 bits per heavy atom. The van der Waals surface area contributed by atoms with E-state index in [1.165, 1.54) is 12.8 Å². The predicted octanol–water partition coefficient (Wildman–Crippen LogP) is 2.69. The van der Waals surface area contributed by atoms with Crippen molar-refractivity contribution in [3.05, 3.63) is 34.5 Å². The number of pyridine rings is 1. The Morgan fingerprint density at radius 1 is 1.33 bits per heavy atom. The third-order valence-corrected chi connectivity index (χ3v) is 3.99. The number of nitrogens with zero attached hydrogens (tertiary/aromatic N) is 4. The molecule has 0 atom stereocenters. The van der Waals surface area contributed by atoms with Gasteiger partial charge in [0.15, 0.2) is 11.6 Å². The van der Waals surface area contributed by atoms with E-state index in [2.05, 4.69) is 34.2 Å². The zero-order valence-corrected chi connectivity index (χ0v) is 13.2. The van der Waals surface area contributed by atoms with E-state index in [-0.39, 0.29) is 0 Å². The Labute approximate surface area is 129 Å². The van der Waals surface area contributed by atoms with Crippen molar-refractivity contribution in [2.24, 2.45) is 0 Å². The SMILES string of the molecule is CCc1nc(CC)n(-c2cc(CNC3CC3)c(Cl)cn2)n1. The minimum absolute atomic E-state index is 0.655. The van der Waals surface area contributed by atoms with Crippen molar-refractivity contribution in [1.29, 1.82) is 0 Å². The lowest BCUT2D eigenvalue weighted by molar-refractivity contribution is 0.684. The van der Waals surface area contributed by atoms with Gasteiger partial charge in [0.1, 0.15) is 5.82 Å². The third-order valence-electron chi connectivity index (χ3n) is 3.65. The Bertz CT molecular complexity index is 633. The topological polar surface area (TPSA) is 55.6 Å². The number of aryl methyl sites for hydroxylation is 2. The summed E-state index contributed by atoms with van der Waals surface area (Å²) in [5.41, 5.74) is 1.06. The molecule has 0 aliphatic heterocycles. The van der Waals surface area contributed by atoms with Crippen LogP contribution in [0.4, 0.5) is 0 Å². The highest BCUT2D eigenvalue weighted by Gasteiger charge is 2.20. The van der Waals surface area contributed by atoms with Gasteiger partial charge in [0.05, 0.1) is 5.02 Å². The van der Waals surface area contributed by atoms with Gasteiger partial charge in [-0.1, -0.05) is 25.4 Å². The second kappa shape index (κ2) is 6.12. The van der Waals surface area contributed by atoms with E-state index < -0.39 is 0 Å². The summed E-state index contributed by atoms with van der Waals surface area (Å²) in [7, 11) is 0. The molecule has 21 heavy (non-hydrogen) atoms. The first-order valence-corrected chi connectivity index (χ1v) is 7.92. The van der Waals surface area contributed by atoms with Gasteiger partial charge in [0.25, 0.3) is 0 Å². The molecule has 1 aliphatic carbocycles. The number of rotatable bonds is 6. The van der Waals surface area contributed by atoms with Crippen LogP contribution in [0.2, 0.25) is 5.02 Å². The Balaban J connectivity index is 1.90. The molecular weight excluding hydrogens is 286 g/mol. The first-order valence-electron chi connectivity index (χ1n) is 7.54. The fraction of sp³-hybridized carbons (Fsp3) is 0.533. The summed E-state index contributed by atoms with van der Waals surface area (Å²) in [6.45, 7) is 4.90. The second-order valence-corrected chi connectivity index (χ2v) is 5.76. The van der Waals surface area contributed by atoms with Crippen molar-refractivity contribution in [3.8, 4) is 5.82 Å². The highest BCUT2D eigenvalue weighted by atomic mass is 35.5. The molecule has 2 aromatic heterocycles. The molecule has 0 unspecified atom stereocenters. The van der Waals surface area contributed by atoms with E-state index in [0.29, 0.717) is 11.1 Å². The smallest absolute Gasteiger partial charge is 0.155 e. The molecule has 0 bridgehead atoms. The Hall–Kier alpha value is -1.46. The van der Waals surface area contributed by atoms with E-state index in [9.17, 15) is 0 Å². The second-order valence-electron chi connectivity index (χ2n) is 5.35.